The molecule has 0 bridgehead atoms. The van der Waals surface area contributed by atoms with Crippen LogP contribution in [0.3, 0.4) is 0 Å². The Labute approximate surface area is 117 Å². The molecule has 112 valence electrons. The van der Waals surface area contributed by atoms with Crippen molar-refractivity contribution in [3.05, 3.63) is 29.8 Å². The van der Waals surface area contributed by atoms with Crippen molar-refractivity contribution in [3.63, 3.8) is 0 Å². The van der Waals surface area contributed by atoms with Crippen LogP contribution >= 0.6 is 0 Å². The fourth-order valence-corrected chi connectivity index (χ4v) is 2.81. The third kappa shape index (κ3) is 3.26. The summed E-state index contributed by atoms with van der Waals surface area (Å²) < 4.78 is 43.5. The highest BCUT2D eigenvalue weighted by molar-refractivity contribution is 5.33. The molecule has 1 aromatic carbocycles. The molecule has 0 amide bonds. The van der Waals surface area contributed by atoms with Gasteiger partial charge in [-0.1, -0.05) is 12.1 Å². The number of nitrogens with two attached hydrogens (primary N) is 1. The second-order valence-electron chi connectivity index (χ2n) is 5.43. The summed E-state index contributed by atoms with van der Waals surface area (Å²) in [5.74, 6) is -0.498. The molecule has 0 aliphatic heterocycles. The lowest BCUT2D eigenvalue weighted by Gasteiger charge is -2.38. The van der Waals surface area contributed by atoms with E-state index in [1.165, 1.54) is 0 Å². The molecule has 0 saturated heterocycles. The summed E-state index contributed by atoms with van der Waals surface area (Å²) >= 11 is 0. The molecule has 2 rings (SSSR count). The van der Waals surface area contributed by atoms with Gasteiger partial charge in [0.2, 0.25) is 0 Å². The fourth-order valence-electron chi connectivity index (χ4n) is 2.81. The summed E-state index contributed by atoms with van der Waals surface area (Å²) in [5.41, 5.74) is 6.52. The third-order valence-corrected chi connectivity index (χ3v) is 4.06. The van der Waals surface area contributed by atoms with Crippen molar-refractivity contribution in [2.45, 2.75) is 44.3 Å². The maximum absolute atomic E-state index is 12.7. The standard InChI is InChI=1S/C15H20F3NO/c1-2-20-13-5-3-4-12(10-13)14(19)8-6-11(7-9-14)15(16,17)18/h3-5,10-11H,2,6-9,19H2,1H3. The molecule has 1 aliphatic carbocycles. The molecular weight excluding hydrogens is 267 g/mol. The summed E-state index contributed by atoms with van der Waals surface area (Å²) in [6.45, 7) is 2.44. The Balaban J connectivity index is 2.11. The lowest BCUT2D eigenvalue weighted by Crippen LogP contribution is -2.43. The van der Waals surface area contributed by atoms with Crippen LogP contribution in [0.5, 0.6) is 5.75 Å². The summed E-state index contributed by atoms with van der Waals surface area (Å²) in [7, 11) is 0. The lowest BCUT2D eigenvalue weighted by atomic mass is 9.73. The largest absolute Gasteiger partial charge is 0.494 e. The van der Waals surface area contributed by atoms with E-state index in [1.807, 2.05) is 31.2 Å². The molecule has 0 spiro atoms. The van der Waals surface area contributed by atoms with Gasteiger partial charge in [0.1, 0.15) is 5.75 Å². The van der Waals surface area contributed by atoms with E-state index >= 15 is 0 Å². The van der Waals surface area contributed by atoms with E-state index in [2.05, 4.69) is 0 Å². The van der Waals surface area contributed by atoms with E-state index in [0.29, 0.717) is 25.2 Å². The van der Waals surface area contributed by atoms with Crippen LogP contribution in [0, 0.1) is 5.92 Å². The topological polar surface area (TPSA) is 35.2 Å². The lowest BCUT2D eigenvalue weighted by molar-refractivity contribution is -0.184. The summed E-state index contributed by atoms with van der Waals surface area (Å²) in [6.07, 6.45) is -3.20. The van der Waals surface area contributed by atoms with Crippen molar-refractivity contribution in [1.82, 2.24) is 0 Å². The number of halogens is 3. The zero-order valence-electron chi connectivity index (χ0n) is 11.5. The summed E-state index contributed by atoms with van der Waals surface area (Å²) in [6, 6.07) is 7.39. The Hall–Kier alpha value is -1.23. The zero-order valence-corrected chi connectivity index (χ0v) is 11.5. The zero-order chi connectivity index (χ0) is 14.8. The molecule has 2 N–H and O–H groups in total. The van der Waals surface area contributed by atoms with Crippen LogP contribution in [0.2, 0.25) is 0 Å². The smallest absolute Gasteiger partial charge is 0.391 e. The average Bonchev–Trinajstić information content (AvgIpc) is 2.39. The van der Waals surface area contributed by atoms with Crippen LogP contribution in [-0.4, -0.2) is 12.8 Å². The molecule has 1 aromatic rings. The van der Waals surface area contributed by atoms with Gasteiger partial charge in [-0.15, -0.1) is 0 Å². The van der Waals surface area contributed by atoms with Gasteiger partial charge in [-0.2, -0.15) is 13.2 Å². The number of benzene rings is 1. The summed E-state index contributed by atoms with van der Waals surface area (Å²) in [4.78, 5) is 0. The second-order valence-corrected chi connectivity index (χ2v) is 5.43. The van der Waals surface area contributed by atoms with Gasteiger partial charge in [-0.3, -0.25) is 0 Å². The molecule has 20 heavy (non-hydrogen) atoms. The van der Waals surface area contributed by atoms with E-state index in [0.717, 1.165) is 5.56 Å². The van der Waals surface area contributed by atoms with Crippen molar-refractivity contribution < 1.29 is 17.9 Å². The molecule has 0 aromatic heterocycles. The Morgan fingerprint density at radius 1 is 1.30 bits per heavy atom. The minimum absolute atomic E-state index is 0.0961. The van der Waals surface area contributed by atoms with Crippen LogP contribution in [0.1, 0.15) is 38.2 Å². The quantitative estimate of drug-likeness (QED) is 0.912. The molecule has 0 unspecified atom stereocenters. The van der Waals surface area contributed by atoms with Gasteiger partial charge >= 0.3 is 6.18 Å². The van der Waals surface area contributed by atoms with Crippen LogP contribution < -0.4 is 10.5 Å². The van der Waals surface area contributed by atoms with Crippen molar-refractivity contribution in [2.24, 2.45) is 11.7 Å². The number of hydrogen-bond donors (Lipinski definition) is 1. The second kappa shape index (κ2) is 5.64. The van der Waals surface area contributed by atoms with E-state index in [1.54, 1.807) is 0 Å². The van der Waals surface area contributed by atoms with Crippen molar-refractivity contribution in [1.29, 1.82) is 0 Å². The van der Waals surface area contributed by atoms with Gasteiger partial charge in [0.05, 0.1) is 12.5 Å². The Morgan fingerprint density at radius 2 is 1.95 bits per heavy atom. The Kier molecular flexibility index (Phi) is 4.28. The van der Waals surface area contributed by atoms with Gasteiger partial charge in [0.15, 0.2) is 0 Å². The van der Waals surface area contributed by atoms with Gasteiger partial charge in [0, 0.05) is 5.54 Å². The van der Waals surface area contributed by atoms with Crippen LogP contribution in [0.25, 0.3) is 0 Å². The highest BCUT2D eigenvalue weighted by Crippen LogP contribution is 2.44. The monoisotopic (exact) mass is 287 g/mol. The predicted octanol–water partition coefficient (Wildman–Crippen LogP) is 3.99. The average molecular weight is 287 g/mol. The van der Waals surface area contributed by atoms with Crippen molar-refractivity contribution in [3.8, 4) is 5.75 Å². The molecule has 1 aliphatic rings. The van der Waals surface area contributed by atoms with Crippen molar-refractivity contribution in [2.75, 3.05) is 6.61 Å². The molecule has 0 atom stereocenters. The van der Waals surface area contributed by atoms with Crippen LogP contribution in [-0.2, 0) is 5.54 Å². The molecule has 1 fully saturated rings. The Morgan fingerprint density at radius 3 is 2.50 bits per heavy atom. The number of rotatable bonds is 3. The van der Waals surface area contributed by atoms with Crippen LogP contribution in [0.15, 0.2) is 24.3 Å². The molecule has 2 nitrogen and oxygen atoms in total. The minimum atomic E-state index is -4.10. The predicted molar refractivity (Wildman–Crippen MR) is 71.5 cm³/mol. The van der Waals surface area contributed by atoms with E-state index < -0.39 is 17.6 Å². The Bertz CT molecular complexity index is 451. The first-order valence-electron chi connectivity index (χ1n) is 6.94. The van der Waals surface area contributed by atoms with E-state index in [4.69, 9.17) is 10.5 Å². The van der Waals surface area contributed by atoms with E-state index in [9.17, 15) is 13.2 Å². The first-order chi connectivity index (χ1) is 9.35. The van der Waals surface area contributed by atoms with Gasteiger partial charge in [-0.05, 0) is 50.3 Å². The third-order valence-electron chi connectivity index (χ3n) is 4.06. The van der Waals surface area contributed by atoms with Crippen molar-refractivity contribution >= 4 is 0 Å². The van der Waals surface area contributed by atoms with E-state index in [-0.39, 0.29) is 12.8 Å². The molecular formula is C15H20F3NO. The maximum atomic E-state index is 12.7. The van der Waals surface area contributed by atoms with Gasteiger partial charge in [-0.25, -0.2) is 0 Å². The molecule has 0 radical (unpaired) electrons. The highest BCUT2D eigenvalue weighted by atomic mass is 19.4. The summed E-state index contributed by atoms with van der Waals surface area (Å²) in [5, 5.41) is 0. The first kappa shape index (κ1) is 15.2. The number of alkyl halides is 3. The number of hydrogen-bond acceptors (Lipinski definition) is 2. The number of ether oxygens (including phenoxy) is 1. The molecule has 0 heterocycles. The van der Waals surface area contributed by atoms with Gasteiger partial charge in [0.25, 0.3) is 0 Å². The first-order valence-corrected chi connectivity index (χ1v) is 6.94. The normalized spacial score (nSPS) is 27.4. The van der Waals surface area contributed by atoms with Gasteiger partial charge < -0.3 is 10.5 Å². The SMILES string of the molecule is CCOc1cccc(C2(N)CCC(C(F)(F)F)CC2)c1. The molecule has 1 saturated carbocycles. The molecule has 5 heteroatoms. The minimum Gasteiger partial charge on any atom is -0.494 e. The maximum Gasteiger partial charge on any atom is 0.391 e. The highest BCUT2D eigenvalue weighted by Gasteiger charge is 2.45. The fraction of sp³-hybridized carbons (Fsp3) is 0.600. The van der Waals surface area contributed by atoms with Crippen LogP contribution in [0.4, 0.5) is 13.2 Å².